The number of carbonyl (C=O) groups is 1. The number of ether oxygens (including phenoxy) is 1. The molecule has 0 atom stereocenters. The molecule has 3 rings (SSSR count). The molecule has 0 radical (unpaired) electrons. The van der Waals surface area contributed by atoms with Gasteiger partial charge < -0.3 is 10.1 Å². The fourth-order valence-electron chi connectivity index (χ4n) is 3.19. The Balaban J connectivity index is 1.41. The number of benzene rings is 2. The van der Waals surface area contributed by atoms with Crippen LogP contribution in [0, 0.1) is 0 Å². The molecule has 1 fully saturated rings. The molecule has 5 nitrogen and oxygen atoms in total. The maximum atomic E-state index is 12.5. The number of anilines is 1. The zero-order valence-corrected chi connectivity index (χ0v) is 16.1. The van der Waals surface area contributed by atoms with Crippen molar-refractivity contribution < 1.29 is 18.3 Å². The molecule has 0 spiro atoms. The first kappa shape index (κ1) is 21.0. The smallest absolute Gasteiger partial charge is 0.387 e. The van der Waals surface area contributed by atoms with Crippen molar-refractivity contribution in [2.45, 2.75) is 6.61 Å². The molecule has 7 heteroatoms. The van der Waals surface area contributed by atoms with Crippen LogP contribution in [0.25, 0.3) is 6.08 Å². The van der Waals surface area contributed by atoms with Gasteiger partial charge in [-0.3, -0.25) is 14.6 Å². The van der Waals surface area contributed by atoms with Gasteiger partial charge >= 0.3 is 6.61 Å². The highest BCUT2D eigenvalue weighted by atomic mass is 19.3. The Morgan fingerprint density at radius 2 is 1.66 bits per heavy atom. The first-order chi connectivity index (χ1) is 14.1. The van der Waals surface area contributed by atoms with Crippen molar-refractivity contribution in [3.8, 4) is 5.75 Å². The van der Waals surface area contributed by atoms with E-state index in [1.165, 1.54) is 11.6 Å². The summed E-state index contributed by atoms with van der Waals surface area (Å²) in [7, 11) is 0. The Bertz CT molecular complexity index is 807. The van der Waals surface area contributed by atoms with Crippen LogP contribution in [0.4, 0.5) is 14.5 Å². The van der Waals surface area contributed by atoms with E-state index in [0.29, 0.717) is 0 Å². The van der Waals surface area contributed by atoms with Crippen molar-refractivity contribution in [3.05, 3.63) is 66.2 Å². The molecule has 1 amide bonds. The van der Waals surface area contributed by atoms with Crippen LogP contribution >= 0.6 is 0 Å². The zero-order valence-electron chi connectivity index (χ0n) is 16.1. The molecule has 1 aliphatic heterocycles. The lowest BCUT2D eigenvalue weighted by Gasteiger charge is -2.33. The van der Waals surface area contributed by atoms with Crippen molar-refractivity contribution in [2.24, 2.45) is 0 Å². The predicted octanol–water partition coefficient (Wildman–Crippen LogP) is 3.56. The molecule has 0 aromatic heterocycles. The molecule has 1 heterocycles. The van der Waals surface area contributed by atoms with Crippen LogP contribution in [0.2, 0.25) is 0 Å². The van der Waals surface area contributed by atoms with Crippen LogP contribution in [0.15, 0.2) is 60.7 Å². The molecule has 0 aliphatic carbocycles. The number of halogens is 2. The van der Waals surface area contributed by atoms with E-state index in [-0.39, 0.29) is 23.9 Å². The molecule has 29 heavy (non-hydrogen) atoms. The third kappa shape index (κ3) is 6.96. The molecular formula is C22H25F2N3O2. The van der Waals surface area contributed by atoms with E-state index in [2.05, 4.69) is 44.1 Å². The van der Waals surface area contributed by atoms with Gasteiger partial charge in [-0.1, -0.05) is 54.6 Å². The van der Waals surface area contributed by atoms with Gasteiger partial charge in [0.25, 0.3) is 0 Å². The van der Waals surface area contributed by atoms with Gasteiger partial charge in [0.2, 0.25) is 5.91 Å². The number of alkyl halides is 2. The van der Waals surface area contributed by atoms with E-state index in [1.54, 1.807) is 18.2 Å². The SMILES string of the molecule is O=C(CN1CCN(C/C=C/c2ccccc2)CC1)Nc1ccccc1OC(F)F. The summed E-state index contributed by atoms with van der Waals surface area (Å²) >= 11 is 0. The third-order valence-corrected chi connectivity index (χ3v) is 4.68. The van der Waals surface area contributed by atoms with Gasteiger partial charge in [-0.15, -0.1) is 0 Å². The molecule has 0 bridgehead atoms. The highest BCUT2D eigenvalue weighted by Gasteiger charge is 2.19. The second kappa shape index (κ2) is 10.7. The lowest BCUT2D eigenvalue weighted by Crippen LogP contribution is -2.48. The van der Waals surface area contributed by atoms with Gasteiger partial charge in [0.1, 0.15) is 5.75 Å². The van der Waals surface area contributed by atoms with Crippen LogP contribution < -0.4 is 10.1 Å². The van der Waals surface area contributed by atoms with Gasteiger partial charge in [0.15, 0.2) is 0 Å². The first-order valence-electron chi connectivity index (χ1n) is 9.60. The highest BCUT2D eigenvalue weighted by Crippen LogP contribution is 2.25. The summed E-state index contributed by atoms with van der Waals surface area (Å²) in [5.74, 6) is -0.279. The van der Waals surface area contributed by atoms with Crippen LogP contribution in [-0.2, 0) is 4.79 Å². The summed E-state index contributed by atoms with van der Waals surface area (Å²) in [6, 6.07) is 16.4. The topological polar surface area (TPSA) is 44.8 Å². The number of rotatable bonds is 8. The average molecular weight is 401 g/mol. The minimum Gasteiger partial charge on any atom is -0.433 e. The number of nitrogens with zero attached hydrogens (tertiary/aromatic N) is 2. The maximum Gasteiger partial charge on any atom is 0.387 e. The molecule has 154 valence electrons. The molecule has 0 unspecified atom stereocenters. The van der Waals surface area contributed by atoms with E-state index in [1.807, 2.05) is 18.2 Å². The van der Waals surface area contributed by atoms with Crippen molar-refractivity contribution >= 4 is 17.7 Å². The normalized spacial score (nSPS) is 15.7. The highest BCUT2D eigenvalue weighted by molar-refractivity contribution is 5.93. The Morgan fingerprint density at radius 3 is 2.38 bits per heavy atom. The summed E-state index contributed by atoms with van der Waals surface area (Å²) in [6.07, 6.45) is 4.26. The number of carbonyl (C=O) groups excluding carboxylic acids is 1. The third-order valence-electron chi connectivity index (χ3n) is 4.68. The summed E-state index contributed by atoms with van der Waals surface area (Å²) < 4.78 is 29.4. The minimum absolute atomic E-state index is 0.0362. The molecule has 1 aliphatic rings. The molecular weight excluding hydrogens is 376 g/mol. The number of piperazine rings is 1. The van der Waals surface area contributed by atoms with Gasteiger partial charge in [0, 0.05) is 32.7 Å². The number of hydrogen-bond acceptors (Lipinski definition) is 4. The van der Waals surface area contributed by atoms with Crippen LogP contribution in [-0.4, -0.2) is 61.6 Å². The Morgan fingerprint density at radius 1 is 1.00 bits per heavy atom. The van der Waals surface area contributed by atoms with Crippen LogP contribution in [0.1, 0.15) is 5.56 Å². The molecule has 2 aromatic carbocycles. The van der Waals surface area contributed by atoms with Crippen molar-refractivity contribution in [2.75, 3.05) is 44.6 Å². The fraction of sp³-hybridized carbons (Fsp3) is 0.318. The van der Waals surface area contributed by atoms with E-state index < -0.39 is 6.61 Å². The molecule has 1 N–H and O–H groups in total. The molecule has 2 aromatic rings. The maximum absolute atomic E-state index is 12.5. The Hall–Kier alpha value is -2.77. The quantitative estimate of drug-likeness (QED) is 0.735. The van der Waals surface area contributed by atoms with Crippen LogP contribution in [0.5, 0.6) is 5.75 Å². The van der Waals surface area contributed by atoms with E-state index in [4.69, 9.17) is 0 Å². The van der Waals surface area contributed by atoms with Crippen molar-refractivity contribution in [3.63, 3.8) is 0 Å². The Kier molecular flexibility index (Phi) is 7.72. The van der Waals surface area contributed by atoms with Gasteiger partial charge in [-0.05, 0) is 17.7 Å². The second-order valence-electron chi connectivity index (χ2n) is 6.81. The standard InChI is InChI=1S/C22H25F2N3O2/c23-22(24)29-20-11-5-4-10-19(20)25-21(28)17-27-15-13-26(14-16-27)12-6-9-18-7-2-1-3-8-18/h1-11,22H,12-17H2,(H,25,28)/b9-6+. The monoisotopic (exact) mass is 401 g/mol. The predicted molar refractivity (Wildman–Crippen MR) is 110 cm³/mol. The number of nitrogens with one attached hydrogen (secondary N) is 1. The van der Waals surface area contributed by atoms with Gasteiger partial charge in [-0.2, -0.15) is 8.78 Å². The second-order valence-corrected chi connectivity index (χ2v) is 6.81. The summed E-state index contributed by atoms with van der Waals surface area (Å²) in [5.41, 5.74) is 1.43. The van der Waals surface area contributed by atoms with E-state index in [0.717, 1.165) is 32.7 Å². The van der Waals surface area contributed by atoms with E-state index >= 15 is 0 Å². The lowest BCUT2D eigenvalue weighted by molar-refractivity contribution is -0.117. The lowest BCUT2D eigenvalue weighted by atomic mass is 10.2. The molecule has 0 saturated carbocycles. The fourth-order valence-corrected chi connectivity index (χ4v) is 3.19. The average Bonchev–Trinajstić information content (AvgIpc) is 2.71. The Labute approximate surface area is 169 Å². The number of amides is 1. The van der Waals surface area contributed by atoms with Gasteiger partial charge in [-0.25, -0.2) is 0 Å². The van der Waals surface area contributed by atoms with Gasteiger partial charge in [0.05, 0.1) is 12.2 Å². The molecule has 1 saturated heterocycles. The van der Waals surface area contributed by atoms with Crippen molar-refractivity contribution in [1.29, 1.82) is 0 Å². The summed E-state index contributed by atoms with van der Waals surface area (Å²) in [6.45, 7) is 1.46. The number of hydrogen-bond donors (Lipinski definition) is 1. The zero-order chi connectivity index (χ0) is 20.5. The van der Waals surface area contributed by atoms with Crippen molar-refractivity contribution in [1.82, 2.24) is 9.80 Å². The minimum atomic E-state index is -2.93. The first-order valence-corrected chi connectivity index (χ1v) is 9.60. The largest absolute Gasteiger partial charge is 0.433 e. The number of para-hydroxylation sites is 2. The summed E-state index contributed by atoms with van der Waals surface area (Å²) in [4.78, 5) is 16.7. The summed E-state index contributed by atoms with van der Waals surface area (Å²) in [5, 5.41) is 2.66. The van der Waals surface area contributed by atoms with Crippen LogP contribution in [0.3, 0.4) is 0 Å². The van der Waals surface area contributed by atoms with E-state index in [9.17, 15) is 13.6 Å².